The molecule has 560 valence electrons. The van der Waals surface area contributed by atoms with Gasteiger partial charge in [0.2, 0.25) is 0 Å². The smallest absolute Gasteiger partial charge is 0.125 e. The first kappa shape index (κ1) is 133. The third kappa shape index (κ3) is 135. The molecule has 9 rings (SSSR count). The van der Waals surface area contributed by atoms with Crippen molar-refractivity contribution in [2.24, 2.45) is 0 Å². The van der Waals surface area contributed by atoms with Gasteiger partial charge in [0.05, 0.1) is 0 Å². The molecule has 0 aliphatic carbocycles. The first-order chi connectivity index (χ1) is 46.4. The summed E-state index contributed by atoms with van der Waals surface area (Å²) >= 11 is 3.61. The highest BCUT2D eigenvalue weighted by molar-refractivity contribution is 7.10. The van der Waals surface area contributed by atoms with Crippen molar-refractivity contribution in [2.75, 3.05) is 0 Å². The van der Waals surface area contributed by atoms with E-state index in [1.54, 1.807) is 84.5 Å². The van der Waals surface area contributed by atoms with Crippen LogP contribution in [0, 0.1) is 76.2 Å². The fourth-order valence-electron chi connectivity index (χ4n) is 3.86. The summed E-state index contributed by atoms with van der Waals surface area (Å²) in [5.41, 5.74) is 9.79. The van der Waals surface area contributed by atoms with Gasteiger partial charge >= 0.3 is 0 Å². The van der Waals surface area contributed by atoms with E-state index in [2.05, 4.69) is 115 Å². The Morgan fingerprint density at radius 2 is 0.562 bits per heavy atom. The maximum atomic E-state index is 3.98. The van der Waals surface area contributed by atoms with Crippen LogP contribution in [0.15, 0.2) is 182 Å². The minimum Gasteiger partial charge on any atom is -0.265 e. The van der Waals surface area contributed by atoms with Gasteiger partial charge in [0.1, 0.15) is 18.5 Å². The molecule has 0 saturated heterocycles. The molecule has 0 saturated carbocycles. The van der Waals surface area contributed by atoms with Crippen LogP contribution in [-0.2, 0) is 0 Å². The van der Waals surface area contributed by atoms with Gasteiger partial charge in [0.25, 0.3) is 0 Å². The van der Waals surface area contributed by atoms with E-state index in [1.165, 1.54) is 50.2 Å². The van der Waals surface area contributed by atoms with Gasteiger partial charge in [0.15, 0.2) is 0 Å². The lowest BCUT2D eigenvalue weighted by molar-refractivity contribution is 1.05. The minimum absolute atomic E-state index is 0. The number of aromatic nitrogens is 9. The normalized spacial score (nSPS) is 6.82. The summed E-state index contributed by atoms with van der Waals surface area (Å²) in [6.07, 6.45) is 20.7. The number of pyridine rings is 3. The molecule has 0 aliphatic heterocycles. The molecule has 0 bridgehead atoms. The second-order valence-electron chi connectivity index (χ2n) is 13.6. The topological polar surface area (TPSA) is 116 Å². The SMILES string of the molecule is C.CC.CC.CC.CC.CC.CC.CC.CC.CC.CC.CC.CC.CC.CC.CC.CC.Cc1ccccc1.Cc1ccccn1.Cc1cccnc1.Cc1ccncc1.Cc1ccncn1.Cc1ccsc1C.Cc1ccsc1C.Cc1cncnc1.Cc1ncccn1. The van der Waals surface area contributed by atoms with Crippen molar-refractivity contribution < 1.29 is 0 Å². The Labute approximate surface area is 611 Å². The fraction of sp³-hybridized carbons (Fsp3) is 0.518. The third-order valence-electron chi connectivity index (χ3n) is 7.76. The van der Waals surface area contributed by atoms with E-state index in [0.29, 0.717) is 0 Å². The second-order valence-corrected chi connectivity index (χ2v) is 15.8. The van der Waals surface area contributed by atoms with Crippen molar-refractivity contribution in [1.29, 1.82) is 0 Å². The molecule has 1 aromatic carbocycles. The molecule has 0 atom stereocenters. The summed E-state index contributed by atoms with van der Waals surface area (Å²) in [7, 11) is 0. The Bertz CT molecular complexity index is 1900. The van der Waals surface area contributed by atoms with Gasteiger partial charge in [-0.1, -0.05) is 277 Å². The summed E-state index contributed by atoms with van der Waals surface area (Å²) in [6.45, 7) is 86.4. The first-order valence-electron chi connectivity index (χ1n) is 36.2. The Kier molecular flexibility index (Phi) is 206. The standard InChI is InChI=1S/C7H8.3C6H7N.2C6H8S.3C5H6N2.16C2H6.CH4/c1-7-5-3-2-4-6-7;1-6-2-4-7-5-3-6;1-6-3-2-4-7-5-6;1-6-4-2-3-5-7-6;2*1-5-3-4-7-6(5)2;1-5-2-6-4-7-3-5;1-5-2-3-6-4-7-5;1-5-6-3-2-4-7-5;16*1-2;/h2-6H,1H3;3*2-5H,1H3;2*3-4H,1-2H3;3*2-4H,1H3;16*1-2H3;1H4. The number of hydrogen-bond acceptors (Lipinski definition) is 11. The molecular weight excluding hydrogens is 1210 g/mol. The number of benzene rings is 1. The maximum absolute atomic E-state index is 3.98. The predicted molar refractivity (Wildman–Crippen MR) is 454 cm³/mol. The van der Waals surface area contributed by atoms with Crippen LogP contribution in [-0.4, -0.2) is 44.9 Å². The Morgan fingerprint density at radius 1 is 0.229 bits per heavy atom. The number of hydrogen-bond donors (Lipinski definition) is 0. The average Bonchev–Trinajstić information content (AvgIpc) is 4.33. The number of aryl methyl sites for hydroxylation is 11. The molecule has 0 N–H and O–H groups in total. The Morgan fingerprint density at radius 3 is 0.719 bits per heavy atom. The number of thiophene rings is 2. The predicted octanol–water partition coefficient (Wildman–Crippen LogP) is 30.3. The minimum atomic E-state index is 0. The van der Waals surface area contributed by atoms with E-state index in [9.17, 15) is 0 Å². The van der Waals surface area contributed by atoms with Gasteiger partial charge in [0, 0.05) is 83.1 Å². The fourth-order valence-corrected chi connectivity index (χ4v) is 5.32. The monoisotopic (exact) mass is 1370 g/mol. The zero-order chi connectivity index (χ0) is 78.3. The van der Waals surface area contributed by atoms with Crippen LogP contribution in [0.3, 0.4) is 0 Å². The summed E-state index contributed by atoms with van der Waals surface area (Å²) in [5, 5.41) is 4.23. The summed E-state index contributed by atoms with van der Waals surface area (Å²) in [6, 6.07) is 31.9. The molecule has 0 unspecified atom stereocenters. The van der Waals surface area contributed by atoms with Crippen LogP contribution < -0.4 is 0 Å². The van der Waals surface area contributed by atoms with Gasteiger partial charge in [-0.25, -0.2) is 29.9 Å². The van der Waals surface area contributed by atoms with Gasteiger partial charge in [-0.2, -0.15) is 0 Å². The molecule has 0 amide bonds. The van der Waals surface area contributed by atoms with Crippen LogP contribution in [0.2, 0.25) is 0 Å². The lowest BCUT2D eigenvalue weighted by atomic mass is 10.2. The molecule has 96 heavy (non-hydrogen) atoms. The van der Waals surface area contributed by atoms with Crippen LogP contribution in [0.25, 0.3) is 0 Å². The third-order valence-corrected chi connectivity index (χ3v) is 9.66. The van der Waals surface area contributed by atoms with E-state index in [0.717, 1.165) is 22.8 Å². The van der Waals surface area contributed by atoms with Crippen LogP contribution in [0.5, 0.6) is 0 Å². The van der Waals surface area contributed by atoms with E-state index >= 15 is 0 Å². The van der Waals surface area contributed by atoms with E-state index < -0.39 is 0 Å². The van der Waals surface area contributed by atoms with Crippen LogP contribution >= 0.6 is 22.7 Å². The largest absolute Gasteiger partial charge is 0.265 e. The van der Waals surface area contributed by atoms with Gasteiger partial charge < -0.3 is 0 Å². The summed E-state index contributed by atoms with van der Waals surface area (Å²) in [5.74, 6) is 0.822. The molecule has 9 aromatic rings. The van der Waals surface area contributed by atoms with Gasteiger partial charge in [-0.15, -0.1) is 22.7 Å². The molecule has 0 spiro atoms. The van der Waals surface area contributed by atoms with Crippen molar-refractivity contribution in [1.82, 2.24) is 44.9 Å². The average molecular weight is 1380 g/mol. The molecule has 0 radical (unpaired) electrons. The van der Waals surface area contributed by atoms with E-state index in [1.807, 2.05) is 336 Å². The van der Waals surface area contributed by atoms with Crippen molar-refractivity contribution in [2.45, 2.75) is 305 Å². The van der Waals surface area contributed by atoms with Crippen molar-refractivity contribution >= 4 is 22.7 Å². The molecule has 8 aromatic heterocycles. The summed E-state index contributed by atoms with van der Waals surface area (Å²) in [4.78, 5) is 37.5. The summed E-state index contributed by atoms with van der Waals surface area (Å²) < 4.78 is 0. The first-order valence-corrected chi connectivity index (χ1v) is 37.9. The number of nitrogens with zero attached hydrogens (tertiary/aromatic N) is 9. The van der Waals surface area contributed by atoms with Gasteiger partial charge in [-0.3, -0.25) is 15.0 Å². The molecule has 0 aliphatic rings. The van der Waals surface area contributed by atoms with Crippen LogP contribution in [0.4, 0.5) is 0 Å². The Hall–Kier alpha value is -6.69. The lowest BCUT2D eigenvalue weighted by Gasteiger charge is -1.82. The van der Waals surface area contributed by atoms with E-state index in [4.69, 9.17) is 0 Å². The zero-order valence-corrected chi connectivity index (χ0v) is 72.3. The number of rotatable bonds is 0. The second kappa shape index (κ2) is 149. The Balaban J connectivity index is -0.0000000462. The molecule has 8 heterocycles. The van der Waals surface area contributed by atoms with Crippen molar-refractivity contribution in [3.05, 3.63) is 243 Å². The van der Waals surface area contributed by atoms with Crippen LogP contribution in [0.1, 0.15) is 289 Å². The van der Waals surface area contributed by atoms with Crippen molar-refractivity contribution in [3.8, 4) is 0 Å². The molecule has 9 nitrogen and oxygen atoms in total. The highest BCUT2D eigenvalue weighted by Crippen LogP contribution is 2.13. The molecule has 0 fully saturated rings. The maximum Gasteiger partial charge on any atom is 0.125 e. The lowest BCUT2D eigenvalue weighted by Crippen LogP contribution is -1.80. The molecule has 11 heteroatoms. The quantitative estimate of drug-likeness (QED) is 0.146. The van der Waals surface area contributed by atoms with E-state index in [-0.39, 0.29) is 7.43 Å². The zero-order valence-electron chi connectivity index (χ0n) is 70.7. The van der Waals surface area contributed by atoms with Crippen molar-refractivity contribution in [3.63, 3.8) is 0 Å². The highest BCUT2D eigenvalue weighted by atomic mass is 32.1. The van der Waals surface area contributed by atoms with Gasteiger partial charge in [-0.05, 0) is 169 Å². The highest BCUT2D eigenvalue weighted by Gasteiger charge is 1.88. The molecular formula is C85H163N9S2.